The van der Waals surface area contributed by atoms with Crippen molar-refractivity contribution in [3.8, 4) is 17.1 Å². The van der Waals surface area contributed by atoms with Crippen LogP contribution < -0.4 is 15.9 Å². The molecule has 3 aromatic rings. The van der Waals surface area contributed by atoms with Crippen LogP contribution in [-0.2, 0) is 4.79 Å². The third-order valence-electron chi connectivity index (χ3n) is 5.71. The lowest BCUT2D eigenvalue weighted by atomic mass is 10.0. The number of benzene rings is 2. The molecule has 1 aliphatic rings. The fourth-order valence-electron chi connectivity index (χ4n) is 3.80. The molecule has 0 bridgehead atoms. The summed E-state index contributed by atoms with van der Waals surface area (Å²) in [6, 6.07) is 12.0. The molecule has 0 aliphatic carbocycles. The number of amides is 1. The van der Waals surface area contributed by atoms with Crippen LogP contribution >= 0.6 is 34.8 Å². The summed E-state index contributed by atoms with van der Waals surface area (Å²) in [7, 11) is 0. The van der Waals surface area contributed by atoms with Gasteiger partial charge in [-0.3, -0.25) is 4.79 Å². The van der Waals surface area contributed by atoms with Gasteiger partial charge in [0.1, 0.15) is 0 Å². The van der Waals surface area contributed by atoms with E-state index in [2.05, 4.69) is 10.3 Å². The van der Waals surface area contributed by atoms with Gasteiger partial charge < -0.3 is 10.2 Å². The summed E-state index contributed by atoms with van der Waals surface area (Å²) in [6.07, 6.45) is 1.47. The van der Waals surface area contributed by atoms with Gasteiger partial charge in [-0.2, -0.15) is 9.97 Å². The van der Waals surface area contributed by atoms with E-state index in [-0.39, 0.29) is 17.9 Å². The van der Waals surface area contributed by atoms with E-state index < -0.39 is 5.69 Å². The minimum absolute atomic E-state index is 0.0416. The molecule has 2 heterocycles. The van der Waals surface area contributed by atoms with Crippen LogP contribution in [0.4, 0.5) is 5.95 Å². The van der Waals surface area contributed by atoms with Crippen molar-refractivity contribution in [2.45, 2.75) is 32.7 Å². The fourth-order valence-corrected chi connectivity index (χ4v) is 4.42. The van der Waals surface area contributed by atoms with E-state index >= 15 is 0 Å². The number of aromatic nitrogens is 3. The lowest BCUT2D eigenvalue weighted by molar-refractivity contribution is -0.124. The van der Waals surface area contributed by atoms with Gasteiger partial charge in [0.15, 0.2) is 5.82 Å². The number of nitrogens with one attached hydrogen (secondary N) is 1. The molecule has 1 N–H and O–H groups in total. The van der Waals surface area contributed by atoms with Gasteiger partial charge in [0.25, 0.3) is 0 Å². The topological polar surface area (TPSA) is 80.1 Å². The maximum Gasteiger partial charge on any atom is 0.357 e. The van der Waals surface area contributed by atoms with Crippen LogP contribution in [0.15, 0.2) is 47.3 Å². The zero-order chi connectivity index (χ0) is 24.4. The Bertz CT molecular complexity index is 1250. The Morgan fingerprint density at radius 1 is 1.00 bits per heavy atom. The highest BCUT2D eigenvalue weighted by atomic mass is 35.5. The third kappa shape index (κ3) is 5.37. The average molecular weight is 521 g/mol. The predicted molar refractivity (Wildman–Crippen MR) is 136 cm³/mol. The quantitative estimate of drug-likeness (QED) is 0.512. The minimum Gasteiger partial charge on any atom is -0.353 e. The zero-order valence-electron chi connectivity index (χ0n) is 18.8. The summed E-state index contributed by atoms with van der Waals surface area (Å²) in [5.41, 5.74) is 0.640. The van der Waals surface area contributed by atoms with E-state index in [4.69, 9.17) is 39.8 Å². The highest BCUT2D eigenvalue weighted by Crippen LogP contribution is 2.31. The number of piperidine rings is 1. The molecule has 0 spiro atoms. The van der Waals surface area contributed by atoms with Crippen LogP contribution in [0.5, 0.6) is 0 Å². The van der Waals surface area contributed by atoms with E-state index in [1.165, 1.54) is 4.57 Å². The molecule has 0 saturated carbocycles. The Labute approximate surface area is 212 Å². The van der Waals surface area contributed by atoms with E-state index in [9.17, 15) is 9.59 Å². The average Bonchev–Trinajstić information content (AvgIpc) is 2.80. The molecule has 1 amide bonds. The molecule has 1 fully saturated rings. The molecule has 1 aromatic heterocycles. The second-order valence-corrected chi connectivity index (χ2v) is 9.77. The van der Waals surface area contributed by atoms with Gasteiger partial charge in [-0.1, -0.05) is 48.7 Å². The van der Waals surface area contributed by atoms with Crippen molar-refractivity contribution in [3.63, 3.8) is 0 Å². The number of hydrogen-bond acceptors (Lipinski definition) is 5. The molecule has 34 heavy (non-hydrogen) atoms. The number of carbonyl (C=O) groups is 1. The molecule has 2 aromatic carbocycles. The Morgan fingerprint density at radius 3 is 2.26 bits per heavy atom. The predicted octanol–water partition coefficient (Wildman–Crippen LogP) is 5.00. The molecular formula is C24H24Cl3N5O2. The van der Waals surface area contributed by atoms with Crippen molar-refractivity contribution >= 4 is 46.7 Å². The molecule has 0 unspecified atom stereocenters. The SMILES string of the molecule is CC(C)C(=O)NC1CCN(c2nc(-c3ccc(Cl)cc3Cl)n(-c3ccc(Cl)cc3)c(=O)n2)CC1. The summed E-state index contributed by atoms with van der Waals surface area (Å²) >= 11 is 18.6. The summed E-state index contributed by atoms with van der Waals surface area (Å²) in [4.78, 5) is 36.3. The highest BCUT2D eigenvalue weighted by molar-refractivity contribution is 6.36. The largest absolute Gasteiger partial charge is 0.357 e. The smallest absolute Gasteiger partial charge is 0.353 e. The van der Waals surface area contributed by atoms with Crippen molar-refractivity contribution in [1.29, 1.82) is 0 Å². The second-order valence-electron chi connectivity index (χ2n) is 8.49. The number of halogens is 3. The maximum atomic E-state index is 13.3. The van der Waals surface area contributed by atoms with Gasteiger partial charge in [-0.15, -0.1) is 0 Å². The second kappa shape index (κ2) is 10.3. The standard InChI is InChI=1S/C24H24Cl3N5O2/c1-14(2)22(33)28-17-9-11-31(12-10-17)23-29-21(19-8-5-16(26)13-20(19)27)32(24(34)30-23)18-6-3-15(25)4-7-18/h3-8,13-14,17H,9-12H2,1-2H3,(H,28,33). The highest BCUT2D eigenvalue weighted by Gasteiger charge is 2.25. The van der Waals surface area contributed by atoms with E-state index in [0.29, 0.717) is 51.2 Å². The zero-order valence-corrected chi connectivity index (χ0v) is 21.0. The molecule has 10 heteroatoms. The van der Waals surface area contributed by atoms with Crippen LogP contribution in [0.3, 0.4) is 0 Å². The summed E-state index contributed by atoms with van der Waals surface area (Å²) in [5, 5.41) is 4.47. The molecule has 0 atom stereocenters. The van der Waals surface area contributed by atoms with E-state index in [1.54, 1.807) is 42.5 Å². The molecule has 4 rings (SSSR count). The van der Waals surface area contributed by atoms with Crippen molar-refractivity contribution in [3.05, 3.63) is 68.0 Å². The molecule has 0 radical (unpaired) electrons. The normalized spacial score (nSPS) is 14.5. The summed E-state index contributed by atoms with van der Waals surface area (Å²) in [5.74, 6) is 0.660. The Hall–Kier alpha value is -2.61. The summed E-state index contributed by atoms with van der Waals surface area (Å²) in [6.45, 7) is 4.97. The van der Waals surface area contributed by atoms with Gasteiger partial charge in [-0.25, -0.2) is 9.36 Å². The Kier molecular flexibility index (Phi) is 7.45. The first-order valence-corrected chi connectivity index (χ1v) is 12.1. The van der Waals surface area contributed by atoms with Gasteiger partial charge in [0, 0.05) is 40.7 Å². The van der Waals surface area contributed by atoms with Gasteiger partial charge in [0.05, 0.1) is 10.7 Å². The van der Waals surface area contributed by atoms with Gasteiger partial charge in [0.2, 0.25) is 11.9 Å². The van der Waals surface area contributed by atoms with E-state index in [0.717, 1.165) is 12.8 Å². The molecule has 1 aliphatic heterocycles. The third-order valence-corrected chi connectivity index (χ3v) is 6.51. The first-order valence-electron chi connectivity index (χ1n) is 11.0. The van der Waals surface area contributed by atoms with Gasteiger partial charge in [-0.05, 0) is 55.3 Å². The van der Waals surface area contributed by atoms with Crippen LogP contribution in [0.25, 0.3) is 17.1 Å². The first-order chi connectivity index (χ1) is 16.2. The van der Waals surface area contributed by atoms with Crippen molar-refractivity contribution in [2.24, 2.45) is 5.92 Å². The monoisotopic (exact) mass is 519 g/mol. The van der Waals surface area contributed by atoms with Crippen molar-refractivity contribution in [1.82, 2.24) is 19.9 Å². The number of rotatable bonds is 5. The lowest BCUT2D eigenvalue weighted by Gasteiger charge is -2.33. The molecular weight excluding hydrogens is 497 g/mol. The van der Waals surface area contributed by atoms with Crippen molar-refractivity contribution < 1.29 is 4.79 Å². The van der Waals surface area contributed by atoms with Gasteiger partial charge >= 0.3 is 5.69 Å². The van der Waals surface area contributed by atoms with Crippen molar-refractivity contribution in [2.75, 3.05) is 18.0 Å². The Morgan fingerprint density at radius 2 is 1.65 bits per heavy atom. The molecule has 178 valence electrons. The number of hydrogen-bond donors (Lipinski definition) is 1. The first kappa shape index (κ1) is 24.5. The van der Waals surface area contributed by atoms with Crippen LogP contribution in [-0.4, -0.2) is 39.6 Å². The minimum atomic E-state index is -0.483. The van der Waals surface area contributed by atoms with E-state index in [1.807, 2.05) is 18.7 Å². The lowest BCUT2D eigenvalue weighted by Crippen LogP contribution is -2.46. The number of nitrogens with zero attached hydrogens (tertiary/aromatic N) is 4. The van der Waals surface area contributed by atoms with Crippen LogP contribution in [0.2, 0.25) is 15.1 Å². The molecule has 7 nitrogen and oxygen atoms in total. The Balaban J connectivity index is 1.71. The number of anilines is 1. The van der Waals surface area contributed by atoms with Crippen LogP contribution in [0, 0.1) is 5.92 Å². The maximum absolute atomic E-state index is 13.3. The molecule has 1 saturated heterocycles. The number of carbonyl (C=O) groups excluding carboxylic acids is 1. The van der Waals surface area contributed by atoms with Crippen LogP contribution in [0.1, 0.15) is 26.7 Å². The fraction of sp³-hybridized carbons (Fsp3) is 0.333. The summed E-state index contributed by atoms with van der Waals surface area (Å²) < 4.78 is 1.41.